The summed E-state index contributed by atoms with van der Waals surface area (Å²) in [6.45, 7) is 0.737. The lowest BCUT2D eigenvalue weighted by Crippen LogP contribution is -2.32. The molecule has 0 aliphatic carbocycles. The Morgan fingerprint density at radius 2 is 1.87 bits per heavy atom. The van der Waals surface area contributed by atoms with Gasteiger partial charge in [0.1, 0.15) is 5.75 Å². The topological polar surface area (TPSA) is 75.7 Å². The number of methoxy groups -OCH3 is 1. The zero-order valence-electron chi connectivity index (χ0n) is 17.4. The molecule has 170 valence electrons. The minimum atomic E-state index is -3.52. The zero-order valence-corrected chi connectivity index (χ0v) is 20.6. The summed E-state index contributed by atoms with van der Waals surface area (Å²) in [7, 11) is -2.02. The van der Waals surface area contributed by atoms with E-state index in [0.29, 0.717) is 34.4 Å². The number of nitrogens with zero attached hydrogens (tertiary/aromatic N) is 1. The second-order valence-corrected chi connectivity index (χ2v) is 10.6. The van der Waals surface area contributed by atoms with Gasteiger partial charge in [-0.1, -0.05) is 35.3 Å². The van der Waals surface area contributed by atoms with Crippen LogP contribution in [0.15, 0.2) is 42.5 Å². The number of hydrogen-bond acceptors (Lipinski definition) is 5. The van der Waals surface area contributed by atoms with Crippen LogP contribution in [-0.4, -0.2) is 46.5 Å². The minimum Gasteiger partial charge on any atom is -0.495 e. The van der Waals surface area contributed by atoms with E-state index in [1.165, 1.54) is 17.0 Å². The van der Waals surface area contributed by atoms with Gasteiger partial charge in [0.2, 0.25) is 15.9 Å². The number of sulfonamides is 1. The molecule has 0 fully saturated rings. The van der Waals surface area contributed by atoms with E-state index >= 15 is 0 Å². The Labute approximate surface area is 198 Å². The van der Waals surface area contributed by atoms with Gasteiger partial charge in [-0.2, -0.15) is 11.8 Å². The first kappa shape index (κ1) is 25.6. The third-order valence-corrected chi connectivity index (χ3v) is 7.11. The third kappa shape index (κ3) is 8.80. The Bertz CT molecular complexity index is 970. The molecule has 2 aromatic carbocycles. The molecule has 0 bridgehead atoms. The fourth-order valence-corrected chi connectivity index (χ4v) is 4.96. The second-order valence-electron chi connectivity index (χ2n) is 6.79. The number of carbonyl (C=O) groups is 1. The molecule has 0 unspecified atom stereocenters. The number of rotatable bonds is 12. The molecule has 0 radical (unpaired) electrons. The van der Waals surface area contributed by atoms with Crippen molar-refractivity contribution >= 4 is 56.6 Å². The van der Waals surface area contributed by atoms with Crippen LogP contribution in [-0.2, 0) is 20.6 Å². The molecule has 1 amide bonds. The molecule has 0 spiro atoms. The van der Waals surface area contributed by atoms with Crippen molar-refractivity contribution in [1.29, 1.82) is 0 Å². The Morgan fingerprint density at radius 3 is 2.48 bits per heavy atom. The van der Waals surface area contributed by atoms with Crippen LogP contribution in [0.4, 0.5) is 5.69 Å². The van der Waals surface area contributed by atoms with E-state index in [-0.39, 0.29) is 18.9 Å². The number of carbonyl (C=O) groups excluding carboxylic acids is 1. The van der Waals surface area contributed by atoms with Crippen molar-refractivity contribution < 1.29 is 17.9 Å². The number of benzene rings is 2. The molecule has 31 heavy (non-hydrogen) atoms. The van der Waals surface area contributed by atoms with Crippen LogP contribution in [0.3, 0.4) is 0 Å². The molecule has 0 aliphatic rings. The SMILES string of the molecule is COc1ccc(N(CCCC(=O)NCCSCc2ccc(Cl)cc2)S(C)(=O)=O)cc1Cl. The molecule has 0 saturated heterocycles. The normalized spacial score (nSPS) is 11.2. The molecule has 0 atom stereocenters. The maximum Gasteiger partial charge on any atom is 0.232 e. The molecule has 0 aromatic heterocycles. The van der Waals surface area contributed by atoms with Crippen LogP contribution in [0, 0.1) is 0 Å². The number of nitrogens with one attached hydrogen (secondary N) is 1. The van der Waals surface area contributed by atoms with Gasteiger partial charge in [0, 0.05) is 36.0 Å². The molecule has 10 heteroatoms. The summed E-state index contributed by atoms with van der Waals surface area (Å²) in [5.41, 5.74) is 1.62. The maximum absolute atomic E-state index is 12.2. The highest BCUT2D eigenvalue weighted by atomic mass is 35.5. The van der Waals surface area contributed by atoms with Crippen LogP contribution in [0.5, 0.6) is 5.75 Å². The molecule has 1 N–H and O–H groups in total. The van der Waals surface area contributed by atoms with Crippen LogP contribution in [0.2, 0.25) is 10.0 Å². The number of ether oxygens (including phenoxy) is 1. The van der Waals surface area contributed by atoms with Gasteiger partial charge in [-0.15, -0.1) is 0 Å². The number of thioether (sulfide) groups is 1. The zero-order chi connectivity index (χ0) is 22.9. The molecule has 6 nitrogen and oxygen atoms in total. The lowest BCUT2D eigenvalue weighted by molar-refractivity contribution is -0.121. The quantitative estimate of drug-likeness (QED) is 0.427. The van der Waals surface area contributed by atoms with Gasteiger partial charge in [0.25, 0.3) is 0 Å². The highest BCUT2D eigenvalue weighted by molar-refractivity contribution is 7.98. The molecule has 2 aromatic rings. The molecular formula is C21H26Cl2N2O4S2. The van der Waals surface area contributed by atoms with E-state index in [1.807, 2.05) is 24.3 Å². The van der Waals surface area contributed by atoms with Gasteiger partial charge in [0.15, 0.2) is 0 Å². The van der Waals surface area contributed by atoms with Gasteiger partial charge in [-0.25, -0.2) is 8.42 Å². The van der Waals surface area contributed by atoms with Crippen LogP contribution in [0.1, 0.15) is 18.4 Å². The fraction of sp³-hybridized carbons (Fsp3) is 0.381. The van der Waals surface area contributed by atoms with Crippen molar-refractivity contribution in [1.82, 2.24) is 5.32 Å². The highest BCUT2D eigenvalue weighted by Crippen LogP contribution is 2.30. The first-order valence-corrected chi connectivity index (χ1v) is 13.4. The molecule has 2 rings (SSSR count). The molecule has 0 heterocycles. The number of anilines is 1. The monoisotopic (exact) mass is 504 g/mol. The van der Waals surface area contributed by atoms with Crippen molar-refractivity contribution in [3.63, 3.8) is 0 Å². The van der Waals surface area contributed by atoms with E-state index < -0.39 is 10.0 Å². The largest absolute Gasteiger partial charge is 0.495 e. The van der Waals surface area contributed by atoms with Gasteiger partial charge in [0.05, 0.1) is 24.1 Å². The van der Waals surface area contributed by atoms with Gasteiger partial charge in [-0.3, -0.25) is 9.10 Å². The van der Waals surface area contributed by atoms with Crippen molar-refractivity contribution in [3.8, 4) is 5.75 Å². The minimum absolute atomic E-state index is 0.103. The number of hydrogen-bond donors (Lipinski definition) is 1. The van der Waals surface area contributed by atoms with Gasteiger partial charge < -0.3 is 10.1 Å². The molecule has 0 saturated carbocycles. The summed E-state index contributed by atoms with van der Waals surface area (Å²) < 4.78 is 30.7. The second kappa shape index (κ2) is 12.4. The molecular weight excluding hydrogens is 479 g/mol. The Kier molecular flexibility index (Phi) is 10.3. The fourth-order valence-electron chi connectivity index (χ4n) is 2.80. The van der Waals surface area contributed by atoms with E-state index in [9.17, 15) is 13.2 Å². The van der Waals surface area contributed by atoms with Crippen molar-refractivity contribution in [2.45, 2.75) is 18.6 Å². The summed E-state index contributed by atoms with van der Waals surface area (Å²) >= 11 is 13.7. The first-order chi connectivity index (χ1) is 14.7. The highest BCUT2D eigenvalue weighted by Gasteiger charge is 2.19. The van der Waals surface area contributed by atoms with E-state index in [0.717, 1.165) is 17.8 Å². The average Bonchev–Trinajstić information content (AvgIpc) is 2.71. The predicted octanol–water partition coefficient (Wildman–Crippen LogP) is 4.60. The summed E-state index contributed by atoms with van der Waals surface area (Å²) in [5.74, 6) is 2.00. The molecule has 0 aliphatic heterocycles. The van der Waals surface area contributed by atoms with E-state index in [1.54, 1.807) is 30.0 Å². The third-order valence-electron chi connectivity index (χ3n) is 4.34. The number of halogens is 2. The van der Waals surface area contributed by atoms with E-state index in [2.05, 4.69) is 5.32 Å². The van der Waals surface area contributed by atoms with Gasteiger partial charge in [-0.05, 0) is 42.3 Å². The maximum atomic E-state index is 12.2. The van der Waals surface area contributed by atoms with Gasteiger partial charge >= 0.3 is 0 Å². The average molecular weight is 505 g/mol. The standard InChI is InChI=1S/C21H26Cl2N2O4S2/c1-29-20-10-9-18(14-19(20)23)25(31(2,27)28)12-3-4-21(26)24-11-13-30-15-16-5-7-17(22)8-6-16/h5-10,14H,3-4,11-13,15H2,1-2H3,(H,24,26). The summed E-state index contributed by atoms with van der Waals surface area (Å²) in [4.78, 5) is 12.1. The van der Waals surface area contributed by atoms with Crippen LogP contribution in [0.25, 0.3) is 0 Å². The van der Waals surface area contributed by atoms with E-state index in [4.69, 9.17) is 27.9 Å². The Hall–Kier alpha value is -1.61. The summed E-state index contributed by atoms with van der Waals surface area (Å²) in [6.07, 6.45) is 1.75. The van der Waals surface area contributed by atoms with Crippen LogP contribution >= 0.6 is 35.0 Å². The smallest absolute Gasteiger partial charge is 0.232 e. The van der Waals surface area contributed by atoms with Crippen LogP contribution < -0.4 is 14.4 Å². The van der Waals surface area contributed by atoms with Crippen molar-refractivity contribution in [2.24, 2.45) is 0 Å². The summed E-state index contributed by atoms with van der Waals surface area (Å²) in [6, 6.07) is 12.5. The Balaban J connectivity index is 1.74. The lowest BCUT2D eigenvalue weighted by atomic mass is 10.2. The predicted molar refractivity (Wildman–Crippen MR) is 130 cm³/mol. The van der Waals surface area contributed by atoms with Crippen molar-refractivity contribution in [2.75, 3.05) is 36.5 Å². The lowest BCUT2D eigenvalue weighted by Gasteiger charge is -2.23. The first-order valence-electron chi connectivity index (χ1n) is 9.61. The number of amides is 1. The van der Waals surface area contributed by atoms with Crippen molar-refractivity contribution in [3.05, 3.63) is 58.1 Å². The summed E-state index contributed by atoms with van der Waals surface area (Å²) in [5, 5.41) is 3.90. The Morgan fingerprint density at radius 1 is 1.16 bits per heavy atom.